The zero-order valence-electron chi connectivity index (χ0n) is 13.9. The quantitative estimate of drug-likeness (QED) is 0.755. The van der Waals surface area contributed by atoms with E-state index in [2.05, 4.69) is 79.1 Å². The average molecular weight is 325 g/mol. The van der Waals surface area contributed by atoms with Gasteiger partial charge in [0.25, 0.3) is 0 Å². The molecule has 0 unspecified atom stereocenters. The molecule has 2 aromatic rings. The minimum absolute atomic E-state index is 0.160. The van der Waals surface area contributed by atoms with Crippen LogP contribution in [0.5, 0.6) is 0 Å². The van der Waals surface area contributed by atoms with Gasteiger partial charge in [-0.1, -0.05) is 74.5 Å². The summed E-state index contributed by atoms with van der Waals surface area (Å²) in [4.78, 5) is 0. The Balaban J connectivity index is 2.24. The summed E-state index contributed by atoms with van der Waals surface area (Å²) in [5.41, 5.74) is 0. The van der Waals surface area contributed by atoms with Gasteiger partial charge in [-0.05, 0) is 23.5 Å². The molecule has 0 aliphatic carbocycles. The summed E-state index contributed by atoms with van der Waals surface area (Å²) in [5, 5.41) is 2.70. The lowest BCUT2D eigenvalue weighted by molar-refractivity contribution is 0.365. The predicted molar refractivity (Wildman–Crippen MR) is 98.5 cm³/mol. The molecule has 1 heterocycles. The summed E-state index contributed by atoms with van der Waals surface area (Å²) in [6.45, 7) is 7.62. The highest BCUT2D eigenvalue weighted by Crippen LogP contribution is 2.20. The van der Waals surface area contributed by atoms with Crippen molar-refractivity contribution >= 4 is 25.2 Å². The molecule has 23 heavy (non-hydrogen) atoms. The Bertz CT molecular complexity index is 557. The van der Waals surface area contributed by atoms with Gasteiger partial charge in [0.05, 0.1) is 13.2 Å². The first-order valence-corrected chi connectivity index (χ1v) is 10.5. The molecule has 0 saturated carbocycles. The molecule has 3 nitrogen and oxygen atoms in total. The van der Waals surface area contributed by atoms with E-state index in [0.717, 1.165) is 13.1 Å². The van der Waals surface area contributed by atoms with Crippen LogP contribution in [0.25, 0.3) is 0 Å². The lowest BCUT2D eigenvalue weighted by atomic mass is 10.3. The van der Waals surface area contributed by atoms with E-state index >= 15 is 0 Å². The van der Waals surface area contributed by atoms with E-state index in [4.69, 9.17) is 9.31 Å². The van der Waals surface area contributed by atoms with Crippen molar-refractivity contribution in [3.63, 3.8) is 0 Å². The van der Waals surface area contributed by atoms with Crippen LogP contribution in [0.2, 0.25) is 0 Å². The highest BCUT2D eigenvalue weighted by molar-refractivity contribution is 7.39. The van der Waals surface area contributed by atoms with Gasteiger partial charge in [0.15, 0.2) is 0 Å². The molecular formula is C18H24BNO2Si. The van der Waals surface area contributed by atoms with Gasteiger partial charge in [-0.25, -0.2) is 0 Å². The number of hydrogen-bond donors (Lipinski definition) is 0. The maximum absolute atomic E-state index is 6.11. The van der Waals surface area contributed by atoms with E-state index in [-0.39, 0.29) is 6.71 Å². The summed E-state index contributed by atoms with van der Waals surface area (Å²) in [7, 11) is -2.36. The van der Waals surface area contributed by atoms with Crippen LogP contribution in [0.15, 0.2) is 60.7 Å². The molecule has 1 aliphatic heterocycles. The number of rotatable bonds is 6. The Morgan fingerprint density at radius 2 is 1.26 bits per heavy atom. The van der Waals surface area contributed by atoms with Gasteiger partial charge in [-0.15, -0.1) is 0 Å². The Labute approximate surface area is 140 Å². The first kappa shape index (κ1) is 16.5. The van der Waals surface area contributed by atoms with Crippen LogP contribution in [0.3, 0.4) is 0 Å². The van der Waals surface area contributed by atoms with Gasteiger partial charge in [0.2, 0.25) is 8.11 Å². The van der Waals surface area contributed by atoms with Crippen molar-refractivity contribution in [1.82, 2.24) is 4.57 Å². The first-order chi connectivity index (χ1) is 11.3. The molecule has 0 atom stereocenters. The molecule has 5 heteroatoms. The van der Waals surface area contributed by atoms with Crippen molar-refractivity contribution in [2.45, 2.75) is 13.8 Å². The molecule has 0 bridgehead atoms. The van der Waals surface area contributed by atoms with Crippen molar-refractivity contribution in [2.75, 3.05) is 26.3 Å². The van der Waals surface area contributed by atoms with Gasteiger partial charge in [-0.2, -0.15) is 0 Å². The minimum atomic E-state index is -2.36. The monoisotopic (exact) mass is 325 g/mol. The maximum Gasteiger partial charge on any atom is 0.463 e. The van der Waals surface area contributed by atoms with E-state index < -0.39 is 8.11 Å². The Morgan fingerprint density at radius 3 is 1.65 bits per heavy atom. The van der Waals surface area contributed by atoms with Crippen molar-refractivity contribution in [1.29, 1.82) is 0 Å². The summed E-state index contributed by atoms with van der Waals surface area (Å²) >= 11 is 0. The molecule has 1 fully saturated rings. The fourth-order valence-corrected chi connectivity index (χ4v) is 8.68. The topological polar surface area (TPSA) is 21.7 Å². The van der Waals surface area contributed by atoms with Crippen LogP contribution < -0.4 is 10.4 Å². The van der Waals surface area contributed by atoms with E-state index in [1.807, 2.05) is 0 Å². The molecule has 3 rings (SSSR count). The third-order valence-electron chi connectivity index (χ3n) is 4.65. The Kier molecular flexibility index (Phi) is 5.33. The highest BCUT2D eigenvalue weighted by Gasteiger charge is 2.56. The SMILES string of the molecule is CCN(CC)[Si](B1OCCO1)(c1ccccc1)c1ccccc1. The smallest absolute Gasteiger partial charge is 0.410 e. The van der Waals surface area contributed by atoms with E-state index in [9.17, 15) is 0 Å². The van der Waals surface area contributed by atoms with Crippen LogP contribution in [0.1, 0.15) is 13.8 Å². The van der Waals surface area contributed by atoms with Crippen molar-refractivity contribution in [3.05, 3.63) is 60.7 Å². The van der Waals surface area contributed by atoms with Gasteiger partial charge in [-0.3, -0.25) is 0 Å². The lowest BCUT2D eigenvalue weighted by Crippen LogP contribution is -2.79. The van der Waals surface area contributed by atoms with Crippen LogP contribution in [-0.2, 0) is 9.31 Å². The molecule has 1 aliphatic rings. The highest BCUT2D eigenvalue weighted by atomic mass is 28.3. The standard InChI is InChI=1S/C18H24BNO2Si/c1-3-20(4-2)23(19-21-15-16-22-19,17-11-7-5-8-12-17)18-13-9-6-10-14-18/h5-14H,3-4,15-16H2,1-2H3. The fraction of sp³-hybridized carbons (Fsp3) is 0.333. The third kappa shape index (κ3) is 2.90. The second-order valence-corrected chi connectivity index (χ2v) is 9.54. The molecule has 120 valence electrons. The Hall–Kier alpha value is -1.40. The molecule has 2 aromatic carbocycles. The molecular weight excluding hydrogens is 301 g/mol. The maximum atomic E-state index is 6.11. The van der Waals surface area contributed by atoms with Gasteiger partial charge in [0.1, 0.15) is 0 Å². The number of hydrogen-bond acceptors (Lipinski definition) is 3. The second-order valence-electron chi connectivity index (χ2n) is 5.74. The summed E-state index contributed by atoms with van der Waals surface area (Å²) in [6, 6.07) is 21.6. The third-order valence-corrected chi connectivity index (χ3v) is 9.73. The first-order valence-electron chi connectivity index (χ1n) is 8.43. The molecule has 0 spiro atoms. The van der Waals surface area contributed by atoms with E-state index in [1.165, 1.54) is 10.4 Å². The summed E-state index contributed by atoms with van der Waals surface area (Å²) < 4.78 is 14.8. The summed E-state index contributed by atoms with van der Waals surface area (Å²) in [6.07, 6.45) is 0. The van der Waals surface area contributed by atoms with Crippen LogP contribution in [-0.4, -0.2) is 45.7 Å². The Morgan fingerprint density at radius 1 is 0.826 bits per heavy atom. The van der Waals surface area contributed by atoms with Crippen LogP contribution in [0, 0.1) is 0 Å². The molecule has 0 radical (unpaired) electrons. The van der Waals surface area contributed by atoms with Crippen LogP contribution in [0.4, 0.5) is 0 Å². The number of benzene rings is 2. The molecule has 0 N–H and O–H groups in total. The second kappa shape index (κ2) is 7.45. The molecule has 0 amide bonds. The lowest BCUT2D eigenvalue weighted by Gasteiger charge is -2.42. The molecule has 0 aromatic heterocycles. The zero-order chi connectivity index (χ0) is 16.1. The van der Waals surface area contributed by atoms with Crippen LogP contribution >= 0.6 is 0 Å². The van der Waals surface area contributed by atoms with Gasteiger partial charge >= 0.3 is 6.71 Å². The fourth-order valence-electron chi connectivity index (χ4n) is 3.66. The van der Waals surface area contributed by atoms with E-state index in [0.29, 0.717) is 13.2 Å². The van der Waals surface area contributed by atoms with Gasteiger partial charge < -0.3 is 13.9 Å². The summed E-state index contributed by atoms with van der Waals surface area (Å²) in [5.74, 6) is 0. The largest absolute Gasteiger partial charge is 0.463 e. The van der Waals surface area contributed by atoms with Gasteiger partial charge in [0, 0.05) is 0 Å². The average Bonchev–Trinajstić information content (AvgIpc) is 3.16. The van der Waals surface area contributed by atoms with Crippen molar-refractivity contribution < 1.29 is 9.31 Å². The van der Waals surface area contributed by atoms with E-state index in [1.54, 1.807) is 0 Å². The predicted octanol–water partition coefficient (Wildman–Crippen LogP) is 1.70. The minimum Gasteiger partial charge on any atom is -0.410 e. The number of nitrogens with zero attached hydrogens (tertiary/aromatic N) is 1. The normalized spacial score (nSPS) is 15.3. The van der Waals surface area contributed by atoms with Crippen molar-refractivity contribution in [3.8, 4) is 0 Å². The zero-order valence-corrected chi connectivity index (χ0v) is 14.9. The van der Waals surface area contributed by atoms with Crippen molar-refractivity contribution in [2.24, 2.45) is 0 Å². The molecule has 1 saturated heterocycles.